The van der Waals surface area contributed by atoms with Gasteiger partial charge < -0.3 is 9.84 Å². The third-order valence-electron chi connectivity index (χ3n) is 2.58. The number of benzene rings is 1. The number of hydrogen-bond acceptors (Lipinski definition) is 3. The Morgan fingerprint density at radius 1 is 1.25 bits per heavy atom. The summed E-state index contributed by atoms with van der Waals surface area (Å²) < 4.78 is 4.51. The molecular weight excluding hydrogens is 204 g/mol. The van der Waals surface area contributed by atoms with E-state index in [-0.39, 0.29) is 6.42 Å². The van der Waals surface area contributed by atoms with E-state index in [0.717, 1.165) is 5.56 Å². The standard InChI is InChI=1S/C13H18O3/c1-9(2)10-4-6-11(7-5-10)12(14)8-13(15)16-3/h4-7,9,12,14H,8H2,1-3H3/t12-/m0/s1. The fraction of sp³-hybridized carbons (Fsp3) is 0.462. The largest absolute Gasteiger partial charge is 0.469 e. The zero-order chi connectivity index (χ0) is 12.1. The van der Waals surface area contributed by atoms with Gasteiger partial charge in [0.15, 0.2) is 0 Å². The van der Waals surface area contributed by atoms with Gasteiger partial charge in [0.2, 0.25) is 0 Å². The van der Waals surface area contributed by atoms with E-state index in [4.69, 9.17) is 0 Å². The number of carbonyl (C=O) groups is 1. The topological polar surface area (TPSA) is 46.5 Å². The highest BCUT2D eigenvalue weighted by atomic mass is 16.5. The second-order valence-electron chi connectivity index (χ2n) is 4.12. The highest BCUT2D eigenvalue weighted by Crippen LogP contribution is 2.20. The third-order valence-corrected chi connectivity index (χ3v) is 2.58. The van der Waals surface area contributed by atoms with Crippen molar-refractivity contribution in [2.75, 3.05) is 7.11 Å². The molecule has 1 aromatic carbocycles. The van der Waals surface area contributed by atoms with Crippen molar-refractivity contribution in [3.05, 3.63) is 35.4 Å². The summed E-state index contributed by atoms with van der Waals surface area (Å²) in [6.07, 6.45) is -0.786. The maximum Gasteiger partial charge on any atom is 0.308 e. The first-order chi connectivity index (χ1) is 7.54. The molecule has 0 unspecified atom stereocenters. The van der Waals surface area contributed by atoms with Gasteiger partial charge in [0.25, 0.3) is 0 Å². The summed E-state index contributed by atoms with van der Waals surface area (Å²) in [5.74, 6) is 0.0623. The lowest BCUT2D eigenvalue weighted by atomic mass is 9.99. The summed E-state index contributed by atoms with van der Waals surface area (Å²) in [7, 11) is 1.32. The number of aliphatic hydroxyl groups is 1. The third kappa shape index (κ3) is 3.35. The molecular formula is C13H18O3. The molecule has 1 N–H and O–H groups in total. The van der Waals surface area contributed by atoms with E-state index < -0.39 is 12.1 Å². The van der Waals surface area contributed by atoms with Gasteiger partial charge in [-0.3, -0.25) is 4.79 Å². The van der Waals surface area contributed by atoms with E-state index >= 15 is 0 Å². The van der Waals surface area contributed by atoms with Crippen LogP contribution in [-0.4, -0.2) is 18.2 Å². The van der Waals surface area contributed by atoms with Gasteiger partial charge in [-0.2, -0.15) is 0 Å². The van der Waals surface area contributed by atoms with Gasteiger partial charge in [-0.15, -0.1) is 0 Å². The molecule has 16 heavy (non-hydrogen) atoms. The summed E-state index contributed by atoms with van der Waals surface area (Å²) in [5.41, 5.74) is 1.96. The molecule has 0 spiro atoms. The highest BCUT2D eigenvalue weighted by Gasteiger charge is 2.13. The number of hydrogen-bond donors (Lipinski definition) is 1. The number of aliphatic hydroxyl groups excluding tert-OH is 1. The summed E-state index contributed by atoms with van der Waals surface area (Å²) in [6, 6.07) is 7.65. The Bertz CT molecular complexity index is 341. The van der Waals surface area contributed by atoms with Crippen LogP contribution in [0.15, 0.2) is 24.3 Å². The van der Waals surface area contributed by atoms with Crippen LogP contribution in [0.5, 0.6) is 0 Å². The Morgan fingerprint density at radius 2 is 1.75 bits per heavy atom. The lowest BCUT2D eigenvalue weighted by Crippen LogP contribution is -2.08. The van der Waals surface area contributed by atoms with E-state index in [1.54, 1.807) is 0 Å². The van der Waals surface area contributed by atoms with Gasteiger partial charge in [-0.05, 0) is 17.0 Å². The van der Waals surface area contributed by atoms with Crippen molar-refractivity contribution in [2.45, 2.75) is 32.3 Å². The molecule has 1 aromatic rings. The van der Waals surface area contributed by atoms with Crippen LogP contribution in [0.25, 0.3) is 0 Å². The average Bonchev–Trinajstić information content (AvgIpc) is 2.28. The van der Waals surface area contributed by atoms with Crippen LogP contribution in [0.1, 0.15) is 43.4 Å². The van der Waals surface area contributed by atoms with Crippen molar-refractivity contribution in [2.24, 2.45) is 0 Å². The van der Waals surface area contributed by atoms with Crippen molar-refractivity contribution in [3.63, 3.8) is 0 Å². The van der Waals surface area contributed by atoms with E-state index in [2.05, 4.69) is 18.6 Å². The molecule has 0 saturated heterocycles. The minimum absolute atomic E-state index is 0.00246. The molecule has 88 valence electrons. The Hall–Kier alpha value is -1.35. The maximum atomic E-state index is 11.0. The van der Waals surface area contributed by atoms with Gasteiger partial charge in [-0.1, -0.05) is 38.1 Å². The Balaban J connectivity index is 2.70. The van der Waals surface area contributed by atoms with Crippen LogP contribution < -0.4 is 0 Å². The van der Waals surface area contributed by atoms with Crippen molar-refractivity contribution < 1.29 is 14.6 Å². The monoisotopic (exact) mass is 222 g/mol. The molecule has 0 radical (unpaired) electrons. The molecule has 0 aromatic heterocycles. The Labute approximate surface area is 96.1 Å². The van der Waals surface area contributed by atoms with Crippen molar-refractivity contribution in [1.82, 2.24) is 0 Å². The molecule has 0 bridgehead atoms. The summed E-state index contributed by atoms with van der Waals surface area (Å²) in [4.78, 5) is 11.0. The number of ether oxygens (including phenoxy) is 1. The first-order valence-electron chi connectivity index (χ1n) is 5.39. The van der Waals surface area contributed by atoms with Crippen LogP contribution in [0.3, 0.4) is 0 Å². The zero-order valence-corrected chi connectivity index (χ0v) is 9.93. The van der Waals surface area contributed by atoms with Gasteiger partial charge >= 0.3 is 5.97 Å². The van der Waals surface area contributed by atoms with Crippen molar-refractivity contribution in [3.8, 4) is 0 Å². The normalized spacial score (nSPS) is 12.6. The lowest BCUT2D eigenvalue weighted by molar-refractivity contribution is -0.142. The molecule has 1 atom stereocenters. The predicted molar refractivity (Wildman–Crippen MR) is 62.1 cm³/mol. The van der Waals surface area contributed by atoms with Gasteiger partial charge in [0.05, 0.1) is 19.6 Å². The molecule has 0 saturated carbocycles. The molecule has 1 rings (SSSR count). The Morgan fingerprint density at radius 3 is 2.19 bits per heavy atom. The average molecular weight is 222 g/mol. The second kappa shape index (κ2) is 5.66. The van der Waals surface area contributed by atoms with E-state index in [0.29, 0.717) is 5.92 Å². The summed E-state index contributed by atoms with van der Waals surface area (Å²) in [6.45, 7) is 4.22. The van der Waals surface area contributed by atoms with Crippen molar-refractivity contribution >= 4 is 5.97 Å². The molecule has 0 aliphatic carbocycles. The minimum atomic E-state index is -0.784. The first-order valence-corrected chi connectivity index (χ1v) is 5.39. The number of rotatable bonds is 4. The summed E-state index contributed by atoms with van der Waals surface area (Å²) in [5, 5.41) is 9.75. The fourth-order valence-corrected chi connectivity index (χ4v) is 1.46. The summed E-state index contributed by atoms with van der Waals surface area (Å²) >= 11 is 0. The van der Waals surface area contributed by atoms with E-state index in [1.807, 2.05) is 24.3 Å². The van der Waals surface area contributed by atoms with Gasteiger partial charge in [-0.25, -0.2) is 0 Å². The smallest absolute Gasteiger partial charge is 0.308 e. The first kappa shape index (κ1) is 12.7. The molecule has 0 amide bonds. The molecule has 0 heterocycles. The predicted octanol–water partition coefficient (Wildman–Crippen LogP) is 2.41. The number of methoxy groups -OCH3 is 1. The molecule has 0 aliphatic heterocycles. The molecule has 3 nitrogen and oxygen atoms in total. The highest BCUT2D eigenvalue weighted by molar-refractivity contribution is 5.70. The van der Waals surface area contributed by atoms with Crippen LogP contribution in [-0.2, 0) is 9.53 Å². The quantitative estimate of drug-likeness (QED) is 0.796. The molecule has 0 fully saturated rings. The van der Waals surface area contributed by atoms with E-state index in [1.165, 1.54) is 12.7 Å². The van der Waals surface area contributed by atoms with Crippen LogP contribution >= 0.6 is 0 Å². The number of carbonyl (C=O) groups excluding carboxylic acids is 1. The SMILES string of the molecule is COC(=O)C[C@H](O)c1ccc(C(C)C)cc1. The van der Waals surface area contributed by atoms with Gasteiger partial charge in [0, 0.05) is 0 Å². The zero-order valence-electron chi connectivity index (χ0n) is 9.93. The van der Waals surface area contributed by atoms with Crippen LogP contribution in [0, 0.1) is 0 Å². The fourth-order valence-electron chi connectivity index (χ4n) is 1.46. The maximum absolute atomic E-state index is 11.0. The van der Waals surface area contributed by atoms with Crippen LogP contribution in [0.2, 0.25) is 0 Å². The molecule has 0 aliphatic rings. The van der Waals surface area contributed by atoms with Gasteiger partial charge in [0.1, 0.15) is 0 Å². The van der Waals surface area contributed by atoms with E-state index in [9.17, 15) is 9.90 Å². The lowest BCUT2D eigenvalue weighted by Gasteiger charge is -2.11. The van der Waals surface area contributed by atoms with Crippen LogP contribution in [0.4, 0.5) is 0 Å². The molecule has 3 heteroatoms. The Kier molecular flexibility index (Phi) is 4.50. The second-order valence-corrected chi connectivity index (χ2v) is 4.12. The minimum Gasteiger partial charge on any atom is -0.469 e. The van der Waals surface area contributed by atoms with Crippen molar-refractivity contribution in [1.29, 1.82) is 0 Å². The number of esters is 1.